The second-order valence-corrected chi connectivity index (χ2v) is 7.83. The molecule has 0 atom stereocenters. The van der Waals surface area contributed by atoms with Crippen LogP contribution in [0.15, 0.2) is 53.0 Å². The van der Waals surface area contributed by atoms with Crippen LogP contribution in [0.2, 0.25) is 0 Å². The summed E-state index contributed by atoms with van der Waals surface area (Å²) in [4.78, 5) is 27.1. The summed E-state index contributed by atoms with van der Waals surface area (Å²) in [6.45, 7) is 1.15. The molecular weight excluding hydrogens is 434 g/mol. The molecule has 3 rings (SSSR count). The standard InChI is InChI=1S/C23H24BrNO4/c1-28-20-7-3-16(4-8-20)23(27)17-11-13-25(14-12-17)22(26)10-5-18-15-19(24)6-9-21(18)29-2/h3-10,15,17H,11-14H2,1-2H3/b10-5+. The van der Waals surface area contributed by atoms with E-state index in [4.69, 9.17) is 9.47 Å². The third kappa shape index (κ3) is 5.26. The maximum atomic E-state index is 12.7. The molecule has 29 heavy (non-hydrogen) atoms. The number of ether oxygens (including phenoxy) is 2. The number of nitrogens with zero attached hydrogens (tertiary/aromatic N) is 1. The molecular formula is C23H24BrNO4. The highest BCUT2D eigenvalue weighted by Crippen LogP contribution is 2.25. The Kier molecular flexibility index (Phi) is 7.09. The van der Waals surface area contributed by atoms with Crippen molar-refractivity contribution in [3.05, 3.63) is 64.1 Å². The summed E-state index contributed by atoms with van der Waals surface area (Å²) in [7, 11) is 3.21. The van der Waals surface area contributed by atoms with Crippen molar-refractivity contribution < 1.29 is 19.1 Å². The minimum atomic E-state index is -0.0541. The van der Waals surface area contributed by atoms with Crippen molar-refractivity contribution in [2.24, 2.45) is 5.92 Å². The lowest BCUT2D eigenvalue weighted by Gasteiger charge is -2.30. The van der Waals surface area contributed by atoms with Gasteiger partial charge in [0.15, 0.2) is 5.78 Å². The van der Waals surface area contributed by atoms with Crippen LogP contribution in [-0.2, 0) is 4.79 Å². The number of hydrogen-bond acceptors (Lipinski definition) is 4. The second-order valence-electron chi connectivity index (χ2n) is 6.91. The average molecular weight is 458 g/mol. The largest absolute Gasteiger partial charge is 0.497 e. The number of halogens is 1. The molecule has 1 heterocycles. The van der Waals surface area contributed by atoms with E-state index in [-0.39, 0.29) is 17.6 Å². The van der Waals surface area contributed by atoms with Crippen molar-refractivity contribution in [1.29, 1.82) is 0 Å². The Morgan fingerprint density at radius 3 is 2.34 bits per heavy atom. The molecule has 0 unspecified atom stereocenters. The Morgan fingerprint density at radius 2 is 1.72 bits per heavy atom. The van der Waals surface area contributed by atoms with Crippen LogP contribution >= 0.6 is 15.9 Å². The van der Waals surface area contributed by atoms with Gasteiger partial charge >= 0.3 is 0 Å². The van der Waals surface area contributed by atoms with Gasteiger partial charge in [0.25, 0.3) is 0 Å². The normalized spacial score (nSPS) is 14.8. The van der Waals surface area contributed by atoms with Gasteiger partial charge in [-0.05, 0) is 61.4 Å². The first-order valence-electron chi connectivity index (χ1n) is 9.50. The molecule has 1 aliphatic rings. The van der Waals surface area contributed by atoms with Crippen LogP contribution in [0.1, 0.15) is 28.8 Å². The average Bonchev–Trinajstić information content (AvgIpc) is 2.77. The van der Waals surface area contributed by atoms with Crippen LogP contribution in [0.4, 0.5) is 0 Å². The highest BCUT2D eigenvalue weighted by atomic mass is 79.9. The molecule has 1 fully saturated rings. The van der Waals surface area contributed by atoms with Crippen LogP contribution in [0, 0.1) is 5.92 Å². The number of hydrogen-bond donors (Lipinski definition) is 0. The third-order valence-corrected chi connectivity index (χ3v) is 5.64. The zero-order chi connectivity index (χ0) is 20.8. The van der Waals surface area contributed by atoms with Crippen LogP contribution in [0.3, 0.4) is 0 Å². The zero-order valence-electron chi connectivity index (χ0n) is 16.6. The Labute approximate surface area is 179 Å². The van der Waals surface area contributed by atoms with Crippen molar-refractivity contribution in [2.45, 2.75) is 12.8 Å². The predicted molar refractivity (Wildman–Crippen MR) is 116 cm³/mol. The van der Waals surface area contributed by atoms with E-state index >= 15 is 0 Å². The number of Topliss-reactive ketones (excluding diaryl/α,β-unsaturated/α-hetero) is 1. The highest BCUT2D eigenvalue weighted by Gasteiger charge is 2.27. The minimum Gasteiger partial charge on any atom is -0.497 e. The Balaban J connectivity index is 1.58. The SMILES string of the molecule is COc1ccc(C(=O)C2CCN(C(=O)/C=C/c3cc(Br)ccc3OC)CC2)cc1. The van der Waals surface area contributed by atoms with Gasteiger partial charge in [0.05, 0.1) is 14.2 Å². The highest BCUT2D eigenvalue weighted by molar-refractivity contribution is 9.10. The predicted octanol–water partition coefficient (Wildman–Crippen LogP) is 4.60. The smallest absolute Gasteiger partial charge is 0.246 e. The molecule has 152 valence electrons. The molecule has 1 amide bonds. The number of piperidine rings is 1. The van der Waals surface area contributed by atoms with Gasteiger partial charge in [-0.3, -0.25) is 9.59 Å². The summed E-state index contributed by atoms with van der Waals surface area (Å²) in [5, 5.41) is 0. The van der Waals surface area contributed by atoms with Crippen molar-refractivity contribution in [2.75, 3.05) is 27.3 Å². The molecule has 6 heteroatoms. The van der Waals surface area contributed by atoms with Gasteiger partial charge in [0.1, 0.15) is 11.5 Å². The van der Waals surface area contributed by atoms with Crippen molar-refractivity contribution in [1.82, 2.24) is 4.90 Å². The Morgan fingerprint density at radius 1 is 1.03 bits per heavy atom. The van der Waals surface area contributed by atoms with Gasteiger partial charge < -0.3 is 14.4 Å². The van der Waals surface area contributed by atoms with E-state index in [0.29, 0.717) is 37.2 Å². The first-order chi connectivity index (χ1) is 14.0. The van der Waals surface area contributed by atoms with Gasteiger partial charge in [-0.15, -0.1) is 0 Å². The fourth-order valence-corrected chi connectivity index (χ4v) is 3.83. The van der Waals surface area contributed by atoms with Gasteiger partial charge in [-0.1, -0.05) is 15.9 Å². The molecule has 0 aliphatic carbocycles. The fraction of sp³-hybridized carbons (Fsp3) is 0.304. The molecule has 1 saturated heterocycles. The number of ketones is 1. The van der Waals surface area contributed by atoms with Gasteiger partial charge in [-0.2, -0.15) is 0 Å². The molecule has 0 aromatic heterocycles. The van der Waals surface area contributed by atoms with Gasteiger partial charge in [0.2, 0.25) is 5.91 Å². The lowest BCUT2D eigenvalue weighted by atomic mass is 9.89. The summed E-state index contributed by atoms with van der Waals surface area (Å²) in [6, 6.07) is 12.8. The molecule has 0 radical (unpaired) electrons. The fourth-order valence-electron chi connectivity index (χ4n) is 3.45. The summed E-state index contributed by atoms with van der Waals surface area (Å²) >= 11 is 3.43. The molecule has 0 spiro atoms. The number of carbonyl (C=O) groups excluding carboxylic acids is 2. The van der Waals surface area contributed by atoms with E-state index in [1.54, 1.807) is 55.5 Å². The molecule has 0 N–H and O–H groups in total. The second kappa shape index (κ2) is 9.74. The van der Waals surface area contributed by atoms with Gasteiger partial charge in [0, 0.05) is 40.7 Å². The molecule has 2 aromatic rings. The Bertz CT molecular complexity index is 900. The number of benzene rings is 2. The number of methoxy groups -OCH3 is 2. The van der Waals surface area contributed by atoms with E-state index in [2.05, 4.69) is 15.9 Å². The summed E-state index contributed by atoms with van der Waals surface area (Å²) in [5.74, 6) is 1.47. The molecule has 5 nitrogen and oxygen atoms in total. The number of carbonyl (C=O) groups is 2. The van der Waals surface area contributed by atoms with Crippen LogP contribution in [0.25, 0.3) is 6.08 Å². The summed E-state index contributed by atoms with van der Waals surface area (Å²) in [5.41, 5.74) is 1.53. The first kappa shape index (κ1) is 21.1. The zero-order valence-corrected chi connectivity index (χ0v) is 18.1. The summed E-state index contributed by atoms with van der Waals surface area (Å²) < 4.78 is 11.4. The van der Waals surface area contributed by atoms with Gasteiger partial charge in [-0.25, -0.2) is 0 Å². The van der Waals surface area contributed by atoms with E-state index in [1.165, 1.54) is 0 Å². The maximum Gasteiger partial charge on any atom is 0.246 e. The van der Waals surface area contributed by atoms with E-state index < -0.39 is 0 Å². The van der Waals surface area contributed by atoms with Crippen molar-refractivity contribution >= 4 is 33.7 Å². The first-order valence-corrected chi connectivity index (χ1v) is 10.3. The number of amides is 1. The van der Waals surface area contributed by atoms with Crippen molar-refractivity contribution in [3.8, 4) is 11.5 Å². The summed E-state index contributed by atoms with van der Waals surface area (Å²) in [6.07, 6.45) is 4.67. The van der Waals surface area contributed by atoms with E-state index in [9.17, 15) is 9.59 Å². The topological polar surface area (TPSA) is 55.8 Å². The number of likely N-dealkylation sites (tertiary alicyclic amines) is 1. The third-order valence-electron chi connectivity index (χ3n) is 5.15. The molecule has 1 aliphatic heterocycles. The lowest BCUT2D eigenvalue weighted by molar-refractivity contribution is -0.127. The van der Waals surface area contributed by atoms with Crippen LogP contribution < -0.4 is 9.47 Å². The number of rotatable bonds is 6. The van der Waals surface area contributed by atoms with E-state index in [0.717, 1.165) is 15.8 Å². The van der Waals surface area contributed by atoms with Crippen LogP contribution in [-0.4, -0.2) is 43.9 Å². The van der Waals surface area contributed by atoms with Crippen molar-refractivity contribution in [3.63, 3.8) is 0 Å². The molecule has 0 saturated carbocycles. The van der Waals surface area contributed by atoms with Crippen LogP contribution in [0.5, 0.6) is 11.5 Å². The maximum absolute atomic E-state index is 12.7. The molecule has 2 aromatic carbocycles. The minimum absolute atomic E-state index is 0.0534. The lowest BCUT2D eigenvalue weighted by Crippen LogP contribution is -2.39. The molecule has 0 bridgehead atoms. The quantitative estimate of drug-likeness (QED) is 0.469. The van der Waals surface area contributed by atoms with E-state index in [1.807, 2.05) is 18.2 Å². The monoisotopic (exact) mass is 457 g/mol. The Hall–Kier alpha value is -2.60.